The maximum absolute atomic E-state index is 10.8. The Morgan fingerprint density at radius 2 is 2.24 bits per heavy atom. The molecule has 0 bridgehead atoms. The third-order valence-corrected chi connectivity index (χ3v) is 3.11. The Kier molecular flexibility index (Phi) is 2.93. The number of amides is 2. The van der Waals surface area contributed by atoms with E-state index in [1.54, 1.807) is 24.3 Å². The Bertz CT molecular complexity index is 488. The highest BCUT2D eigenvalue weighted by molar-refractivity contribution is 5.87. The molecule has 0 spiro atoms. The fourth-order valence-electron chi connectivity index (χ4n) is 2.09. The molecule has 1 fully saturated rings. The minimum absolute atomic E-state index is 0.447. The van der Waals surface area contributed by atoms with Crippen molar-refractivity contribution in [3.05, 3.63) is 29.8 Å². The molecule has 0 unspecified atom stereocenters. The van der Waals surface area contributed by atoms with Gasteiger partial charge in [0.2, 0.25) is 6.08 Å². The fourth-order valence-corrected chi connectivity index (χ4v) is 2.09. The summed E-state index contributed by atoms with van der Waals surface area (Å²) < 4.78 is 0. The molecule has 1 aromatic carbocycles. The van der Waals surface area contributed by atoms with E-state index in [2.05, 4.69) is 10.3 Å². The minimum atomic E-state index is -0.608. The van der Waals surface area contributed by atoms with Gasteiger partial charge >= 0.3 is 6.03 Å². The van der Waals surface area contributed by atoms with Crippen LogP contribution in [-0.2, 0) is 10.3 Å². The van der Waals surface area contributed by atoms with Crippen LogP contribution in [0.25, 0.3) is 0 Å². The van der Waals surface area contributed by atoms with E-state index in [1.807, 2.05) is 6.07 Å². The Morgan fingerprint density at radius 3 is 2.76 bits per heavy atom. The number of aliphatic imine (C=N–C) groups is 1. The number of nitrogens with two attached hydrogens (primary N) is 1. The Morgan fingerprint density at radius 1 is 1.47 bits per heavy atom. The predicted molar refractivity (Wildman–Crippen MR) is 63.3 cm³/mol. The maximum Gasteiger partial charge on any atom is 0.316 e. The number of rotatable bonds is 3. The van der Waals surface area contributed by atoms with E-state index in [-0.39, 0.29) is 0 Å². The zero-order chi connectivity index (χ0) is 12.3. The van der Waals surface area contributed by atoms with Crippen molar-refractivity contribution in [2.24, 2.45) is 10.7 Å². The molecule has 0 saturated heterocycles. The average molecular weight is 231 g/mol. The Labute approximate surface area is 98.7 Å². The number of isocyanates is 1. The summed E-state index contributed by atoms with van der Waals surface area (Å²) >= 11 is 0. The van der Waals surface area contributed by atoms with Crippen molar-refractivity contribution in [2.45, 2.75) is 24.8 Å². The van der Waals surface area contributed by atoms with Crippen LogP contribution in [0.4, 0.5) is 10.5 Å². The van der Waals surface area contributed by atoms with E-state index in [1.165, 1.54) is 0 Å². The van der Waals surface area contributed by atoms with E-state index < -0.39 is 11.6 Å². The van der Waals surface area contributed by atoms with E-state index >= 15 is 0 Å². The van der Waals surface area contributed by atoms with Crippen molar-refractivity contribution in [1.82, 2.24) is 0 Å². The first kappa shape index (κ1) is 11.4. The van der Waals surface area contributed by atoms with Crippen molar-refractivity contribution >= 4 is 17.8 Å². The van der Waals surface area contributed by atoms with Crippen LogP contribution in [0.2, 0.25) is 0 Å². The van der Waals surface area contributed by atoms with Gasteiger partial charge in [-0.25, -0.2) is 9.59 Å². The molecule has 2 rings (SSSR count). The van der Waals surface area contributed by atoms with Gasteiger partial charge in [0.15, 0.2) is 0 Å². The summed E-state index contributed by atoms with van der Waals surface area (Å²) in [7, 11) is 0. The van der Waals surface area contributed by atoms with Crippen LogP contribution < -0.4 is 11.1 Å². The zero-order valence-electron chi connectivity index (χ0n) is 9.27. The molecule has 5 nitrogen and oxygen atoms in total. The first-order chi connectivity index (χ1) is 8.16. The number of benzene rings is 1. The van der Waals surface area contributed by atoms with E-state index in [0.717, 1.165) is 24.8 Å². The van der Waals surface area contributed by atoms with Crippen LogP contribution in [-0.4, -0.2) is 12.1 Å². The molecule has 1 saturated carbocycles. The Balaban J connectivity index is 2.32. The maximum atomic E-state index is 10.8. The molecule has 0 aromatic heterocycles. The standard InChI is InChI=1S/C12H13N3O2/c13-11(17)15-10-4-1-3-9(7-10)12(14-8-16)5-2-6-12/h1,3-4,7H,2,5-6H2,(H3,13,15,17). The molecule has 0 aliphatic heterocycles. The summed E-state index contributed by atoms with van der Waals surface area (Å²) in [6.45, 7) is 0. The van der Waals surface area contributed by atoms with Gasteiger partial charge in [-0.15, -0.1) is 0 Å². The van der Waals surface area contributed by atoms with Crippen LogP contribution in [0, 0.1) is 0 Å². The van der Waals surface area contributed by atoms with E-state index in [0.29, 0.717) is 5.69 Å². The van der Waals surface area contributed by atoms with Crippen molar-refractivity contribution in [3.63, 3.8) is 0 Å². The molecule has 1 aromatic rings. The van der Waals surface area contributed by atoms with Crippen molar-refractivity contribution in [3.8, 4) is 0 Å². The highest BCUT2D eigenvalue weighted by Crippen LogP contribution is 2.45. The second-order valence-corrected chi connectivity index (χ2v) is 4.16. The van der Waals surface area contributed by atoms with Gasteiger partial charge < -0.3 is 11.1 Å². The first-order valence-electron chi connectivity index (χ1n) is 5.42. The number of anilines is 1. The second-order valence-electron chi connectivity index (χ2n) is 4.16. The lowest BCUT2D eigenvalue weighted by molar-refractivity contribution is 0.255. The van der Waals surface area contributed by atoms with Crippen molar-refractivity contribution in [1.29, 1.82) is 0 Å². The molecule has 17 heavy (non-hydrogen) atoms. The molecule has 5 heteroatoms. The van der Waals surface area contributed by atoms with Gasteiger partial charge in [0, 0.05) is 5.69 Å². The number of nitrogens with zero attached hydrogens (tertiary/aromatic N) is 1. The summed E-state index contributed by atoms with van der Waals surface area (Å²) in [6.07, 6.45) is 4.34. The molecule has 1 aliphatic carbocycles. The third-order valence-electron chi connectivity index (χ3n) is 3.11. The largest absolute Gasteiger partial charge is 0.351 e. The monoisotopic (exact) mass is 231 g/mol. The van der Waals surface area contributed by atoms with E-state index in [9.17, 15) is 9.59 Å². The molecular weight excluding hydrogens is 218 g/mol. The smallest absolute Gasteiger partial charge is 0.316 e. The Hall–Kier alpha value is -2.13. The summed E-state index contributed by atoms with van der Waals surface area (Å²) in [5.74, 6) is 0. The fraction of sp³-hybridized carbons (Fsp3) is 0.333. The quantitative estimate of drug-likeness (QED) is 0.615. The molecule has 1 aliphatic rings. The third kappa shape index (κ3) is 2.19. The van der Waals surface area contributed by atoms with Gasteiger partial charge in [-0.1, -0.05) is 12.1 Å². The summed E-state index contributed by atoms with van der Waals surface area (Å²) in [6, 6.07) is 6.63. The van der Waals surface area contributed by atoms with Crippen LogP contribution in [0.5, 0.6) is 0 Å². The van der Waals surface area contributed by atoms with Crippen LogP contribution >= 0.6 is 0 Å². The van der Waals surface area contributed by atoms with Crippen LogP contribution in [0.1, 0.15) is 24.8 Å². The number of primary amides is 1. The molecule has 2 amide bonds. The van der Waals surface area contributed by atoms with Gasteiger partial charge in [-0.05, 0) is 37.0 Å². The first-order valence-corrected chi connectivity index (χ1v) is 5.42. The molecule has 0 heterocycles. The lowest BCUT2D eigenvalue weighted by Crippen LogP contribution is -2.32. The number of urea groups is 1. The zero-order valence-corrected chi connectivity index (χ0v) is 9.27. The summed E-state index contributed by atoms with van der Waals surface area (Å²) in [4.78, 5) is 25.1. The predicted octanol–water partition coefficient (Wildman–Crippen LogP) is 1.89. The van der Waals surface area contributed by atoms with Gasteiger partial charge in [0.25, 0.3) is 0 Å². The topological polar surface area (TPSA) is 84.6 Å². The second kappa shape index (κ2) is 4.39. The van der Waals surface area contributed by atoms with Gasteiger partial charge in [-0.3, -0.25) is 0 Å². The number of carbonyl (C=O) groups is 1. The van der Waals surface area contributed by atoms with Crippen LogP contribution in [0.3, 0.4) is 0 Å². The number of hydrogen-bond acceptors (Lipinski definition) is 3. The number of nitrogens with one attached hydrogen (secondary N) is 1. The lowest BCUT2D eigenvalue weighted by atomic mass is 9.72. The van der Waals surface area contributed by atoms with Crippen LogP contribution in [0.15, 0.2) is 29.3 Å². The van der Waals surface area contributed by atoms with Gasteiger partial charge in [0.05, 0.1) is 5.54 Å². The van der Waals surface area contributed by atoms with E-state index in [4.69, 9.17) is 5.73 Å². The number of carbonyl (C=O) groups excluding carboxylic acids is 2. The molecule has 3 N–H and O–H groups in total. The van der Waals surface area contributed by atoms with Crippen molar-refractivity contribution < 1.29 is 9.59 Å². The molecule has 88 valence electrons. The lowest BCUT2D eigenvalue weighted by Gasteiger charge is -2.37. The van der Waals surface area contributed by atoms with Gasteiger partial charge in [0.1, 0.15) is 0 Å². The van der Waals surface area contributed by atoms with Crippen molar-refractivity contribution in [2.75, 3.05) is 5.32 Å². The molecular formula is C12H13N3O2. The SMILES string of the molecule is NC(=O)Nc1cccc(C2(N=C=O)CCC2)c1. The highest BCUT2D eigenvalue weighted by atomic mass is 16.2. The highest BCUT2D eigenvalue weighted by Gasteiger charge is 2.38. The normalized spacial score (nSPS) is 16.5. The molecule has 0 atom stereocenters. The summed E-state index contributed by atoms with van der Waals surface area (Å²) in [5.41, 5.74) is 6.13. The number of hydrogen-bond donors (Lipinski definition) is 2. The van der Waals surface area contributed by atoms with Gasteiger partial charge in [-0.2, -0.15) is 4.99 Å². The molecule has 0 radical (unpaired) electrons. The average Bonchev–Trinajstić information content (AvgIpc) is 2.23. The summed E-state index contributed by atoms with van der Waals surface area (Å²) in [5, 5.41) is 2.51. The minimum Gasteiger partial charge on any atom is -0.351 e.